The predicted octanol–water partition coefficient (Wildman–Crippen LogP) is 2.57. The summed E-state index contributed by atoms with van der Waals surface area (Å²) in [5.74, 6) is 1.55. The second kappa shape index (κ2) is 8.17. The molecule has 4 heteroatoms. The molecule has 2 rings (SSSR count). The molecular weight excluding hydrogens is 266 g/mol. The fraction of sp³-hybridized carbons (Fsp3) is 0.294. The van der Waals surface area contributed by atoms with Gasteiger partial charge in [0.15, 0.2) is 0 Å². The molecule has 21 heavy (non-hydrogen) atoms. The third-order valence-corrected chi connectivity index (χ3v) is 3.08. The average molecular weight is 287 g/mol. The van der Waals surface area contributed by atoms with E-state index in [1.165, 1.54) is 5.69 Å². The van der Waals surface area contributed by atoms with Crippen LogP contribution in [0.1, 0.15) is 0 Å². The lowest BCUT2D eigenvalue weighted by Crippen LogP contribution is -2.23. The number of benzene rings is 2. The number of para-hydroxylation sites is 1. The van der Waals surface area contributed by atoms with E-state index in [1.807, 2.05) is 49.5 Å². The van der Waals surface area contributed by atoms with Gasteiger partial charge in [0.2, 0.25) is 0 Å². The molecule has 0 saturated carbocycles. The molecule has 0 aromatic heterocycles. The SMILES string of the molecule is CN(CCOc1ccc(OCCO)cc1)c1ccccc1. The summed E-state index contributed by atoms with van der Waals surface area (Å²) in [6.45, 7) is 1.75. The van der Waals surface area contributed by atoms with E-state index in [0.29, 0.717) is 13.2 Å². The summed E-state index contributed by atoms with van der Waals surface area (Å²) < 4.78 is 11.0. The third-order valence-electron chi connectivity index (χ3n) is 3.08. The lowest BCUT2D eigenvalue weighted by molar-refractivity contribution is 0.201. The van der Waals surface area contributed by atoms with Crippen LogP contribution < -0.4 is 14.4 Å². The van der Waals surface area contributed by atoms with E-state index in [4.69, 9.17) is 14.6 Å². The lowest BCUT2D eigenvalue weighted by atomic mass is 10.3. The van der Waals surface area contributed by atoms with E-state index >= 15 is 0 Å². The van der Waals surface area contributed by atoms with Crippen molar-refractivity contribution in [1.29, 1.82) is 0 Å². The maximum absolute atomic E-state index is 8.69. The minimum absolute atomic E-state index is 0.0179. The Bertz CT molecular complexity index is 513. The zero-order valence-electron chi connectivity index (χ0n) is 12.2. The second-order valence-corrected chi connectivity index (χ2v) is 4.65. The monoisotopic (exact) mass is 287 g/mol. The molecule has 0 saturated heterocycles. The van der Waals surface area contributed by atoms with Crippen LogP contribution in [0, 0.1) is 0 Å². The minimum Gasteiger partial charge on any atom is -0.492 e. The van der Waals surface area contributed by atoms with E-state index in [9.17, 15) is 0 Å². The van der Waals surface area contributed by atoms with Crippen molar-refractivity contribution in [3.8, 4) is 11.5 Å². The van der Waals surface area contributed by atoms with Crippen LogP contribution in [0.15, 0.2) is 54.6 Å². The minimum atomic E-state index is 0.0179. The zero-order chi connectivity index (χ0) is 14.9. The molecule has 0 bridgehead atoms. The van der Waals surface area contributed by atoms with E-state index in [2.05, 4.69) is 17.0 Å². The van der Waals surface area contributed by atoms with Crippen LogP contribution >= 0.6 is 0 Å². The summed E-state index contributed by atoms with van der Waals surface area (Å²) in [6.07, 6.45) is 0. The number of likely N-dealkylation sites (N-methyl/N-ethyl adjacent to an activating group) is 1. The molecule has 0 heterocycles. The zero-order valence-corrected chi connectivity index (χ0v) is 12.2. The number of hydrogen-bond donors (Lipinski definition) is 1. The number of aliphatic hydroxyl groups is 1. The Morgan fingerprint density at radius 3 is 2.00 bits per heavy atom. The molecule has 0 unspecified atom stereocenters. The molecule has 112 valence electrons. The molecule has 2 aromatic carbocycles. The Hall–Kier alpha value is -2.20. The molecule has 0 radical (unpaired) electrons. The summed E-state index contributed by atoms with van der Waals surface area (Å²) in [6, 6.07) is 17.6. The van der Waals surface area contributed by atoms with Gasteiger partial charge in [-0.15, -0.1) is 0 Å². The summed E-state index contributed by atoms with van der Waals surface area (Å²) in [4.78, 5) is 2.15. The Balaban J connectivity index is 1.75. The smallest absolute Gasteiger partial charge is 0.119 e. The second-order valence-electron chi connectivity index (χ2n) is 4.65. The maximum Gasteiger partial charge on any atom is 0.119 e. The largest absolute Gasteiger partial charge is 0.492 e. The first-order valence-electron chi connectivity index (χ1n) is 7.02. The fourth-order valence-electron chi connectivity index (χ4n) is 1.91. The van der Waals surface area contributed by atoms with Gasteiger partial charge in [0.1, 0.15) is 24.7 Å². The molecule has 0 aliphatic heterocycles. The van der Waals surface area contributed by atoms with Crippen molar-refractivity contribution in [1.82, 2.24) is 0 Å². The highest BCUT2D eigenvalue weighted by molar-refractivity contribution is 5.44. The molecular formula is C17H21NO3. The Labute approximate surface area is 125 Å². The topological polar surface area (TPSA) is 41.9 Å². The standard InChI is InChI=1S/C17H21NO3/c1-18(15-5-3-2-4-6-15)11-13-20-16-7-9-17(10-8-16)21-14-12-19/h2-10,19H,11-14H2,1H3. The van der Waals surface area contributed by atoms with E-state index < -0.39 is 0 Å². The molecule has 4 nitrogen and oxygen atoms in total. The summed E-state index contributed by atoms with van der Waals surface area (Å²) in [5.41, 5.74) is 1.17. The fourth-order valence-corrected chi connectivity index (χ4v) is 1.91. The molecule has 0 aliphatic rings. The molecule has 0 aliphatic carbocycles. The summed E-state index contributed by atoms with van der Waals surface area (Å²) in [7, 11) is 2.05. The quantitative estimate of drug-likeness (QED) is 0.810. The highest BCUT2D eigenvalue weighted by atomic mass is 16.5. The van der Waals surface area contributed by atoms with Gasteiger partial charge in [-0.05, 0) is 36.4 Å². The normalized spacial score (nSPS) is 10.2. The van der Waals surface area contributed by atoms with Gasteiger partial charge in [0.25, 0.3) is 0 Å². The van der Waals surface area contributed by atoms with Crippen molar-refractivity contribution < 1.29 is 14.6 Å². The Morgan fingerprint density at radius 1 is 0.857 bits per heavy atom. The van der Waals surface area contributed by atoms with Crippen LogP contribution in [0.4, 0.5) is 5.69 Å². The number of anilines is 1. The molecule has 0 spiro atoms. The predicted molar refractivity (Wildman–Crippen MR) is 84.2 cm³/mol. The van der Waals surface area contributed by atoms with Crippen molar-refractivity contribution in [3.63, 3.8) is 0 Å². The van der Waals surface area contributed by atoms with Crippen LogP contribution in [0.2, 0.25) is 0 Å². The number of rotatable bonds is 8. The van der Waals surface area contributed by atoms with Gasteiger partial charge in [0, 0.05) is 12.7 Å². The molecule has 0 fully saturated rings. The van der Waals surface area contributed by atoms with Crippen molar-refractivity contribution in [2.24, 2.45) is 0 Å². The Morgan fingerprint density at radius 2 is 1.43 bits per heavy atom. The lowest BCUT2D eigenvalue weighted by Gasteiger charge is -2.19. The van der Waals surface area contributed by atoms with Crippen LogP contribution in [0.3, 0.4) is 0 Å². The number of aliphatic hydroxyl groups excluding tert-OH is 1. The van der Waals surface area contributed by atoms with E-state index in [0.717, 1.165) is 18.0 Å². The van der Waals surface area contributed by atoms with Crippen LogP contribution in [-0.4, -0.2) is 38.5 Å². The van der Waals surface area contributed by atoms with Crippen LogP contribution in [0.5, 0.6) is 11.5 Å². The van der Waals surface area contributed by atoms with Crippen molar-refractivity contribution >= 4 is 5.69 Å². The number of hydrogen-bond acceptors (Lipinski definition) is 4. The molecule has 0 amide bonds. The first kappa shape index (κ1) is 15.2. The van der Waals surface area contributed by atoms with Gasteiger partial charge >= 0.3 is 0 Å². The molecule has 2 aromatic rings. The van der Waals surface area contributed by atoms with Crippen molar-refractivity contribution in [2.45, 2.75) is 0 Å². The number of nitrogens with zero attached hydrogens (tertiary/aromatic N) is 1. The highest BCUT2D eigenvalue weighted by Gasteiger charge is 2.01. The maximum atomic E-state index is 8.69. The van der Waals surface area contributed by atoms with Gasteiger partial charge in [-0.25, -0.2) is 0 Å². The van der Waals surface area contributed by atoms with Gasteiger partial charge in [0.05, 0.1) is 13.2 Å². The summed E-state index contributed by atoms with van der Waals surface area (Å²) >= 11 is 0. The number of ether oxygens (including phenoxy) is 2. The van der Waals surface area contributed by atoms with Gasteiger partial charge in [-0.2, -0.15) is 0 Å². The van der Waals surface area contributed by atoms with Gasteiger partial charge < -0.3 is 19.5 Å². The first-order valence-corrected chi connectivity index (χ1v) is 7.02. The van der Waals surface area contributed by atoms with E-state index in [1.54, 1.807) is 0 Å². The van der Waals surface area contributed by atoms with E-state index in [-0.39, 0.29) is 6.61 Å². The average Bonchev–Trinajstić information content (AvgIpc) is 2.55. The van der Waals surface area contributed by atoms with Crippen LogP contribution in [-0.2, 0) is 0 Å². The first-order chi connectivity index (χ1) is 10.3. The van der Waals surface area contributed by atoms with Crippen molar-refractivity contribution in [2.75, 3.05) is 38.3 Å². The van der Waals surface area contributed by atoms with Gasteiger partial charge in [-0.3, -0.25) is 0 Å². The Kier molecular flexibility index (Phi) is 5.91. The third kappa shape index (κ3) is 5.00. The van der Waals surface area contributed by atoms with Crippen molar-refractivity contribution in [3.05, 3.63) is 54.6 Å². The molecule has 1 N–H and O–H groups in total. The van der Waals surface area contributed by atoms with Crippen LogP contribution in [0.25, 0.3) is 0 Å². The highest BCUT2D eigenvalue weighted by Crippen LogP contribution is 2.17. The van der Waals surface area contributed by atoms with Gasteiger partial charge in [-0.1, -0.05) is 18.2 Å². The molecule has 0 atom stereocenters. The summed E-state index contributed by atoms with van der Waals surface area (Å²) in [5, 5.41) is 8.69.